The molecule has 12 heteroatoms. The number of hydrogen-bond acceptors (Lipinski definition) is 7. The lowest BCUT2D eigenvalue weighted by atomic mass is 10.1. The highest BCUT2D eigenvalue weighted by atomic mass is 35.5. The number of amides is 1. The second kappa shape index (κ2) is 11.0. The fourth-order valence-electron chi connectivity index (χ4n) is 2.27. The molecule has 3 aromatic rings. The van der Waals surface area contributed by atoms with Crippen LogP contribution >= 0.6 is 46.5 Å². The summed E-state index contributed by atoms with van der Waals surface area (Å²) in [6.45, 7) is 0. The van der Waals surface area contributed by atoms with Gasteiger partial charge in [0, 0.05) is 16.3 Å². The fraction of sp³-hybridized carbons (Fsp3) is 0.158. The van der Waals surface area contributed by atoms with Gasteiger partial charge in [0.1, 0.15) is 0 Å². The summed E-state index contributed by atoms with van der Waals surface area (Å²) < 4.78 is 40.2. The first-order valence-electron chi connectivity index (χ1n) is 8.63. The Morgan fingerprint density at radius 3 is 2.52 bits per heavy atom. The van der Waals surface area contributed by atoms with Crippen LogP contribution in [0, 0.1) is 0 Å². The third-order valence-electron chi connectivity index (χ3n) is 3.68. The van der Waals surface area contributed by atoms with Crippen LogP contribution in [-0.2, 0) is 16.7 Å². The molecule has 0 aliphatic heterocycles. The molecular weight excluding hydrogens is 489 g/mol. The minimum atomic E-state index is -4.50. The van der Waals surface area contributed by atoms with Crippen molar-refractivity contribution in [1.82, 2.24) is 15.6 Å². The molecule has 0 radical (unpaired) electrons. The van der Waals surface area contributed by atoms with Gasteiger partial charge in [-0.05, 0) is 17.7 Å². The van der Waals surface area contributed by atoms with Crippen molar-refractivity contribution < 1.29 is 18.0 Å². The summed E-state index contributed by atoms with van der Waals surface area (Å²) in [6, 6.07) is 12.5. The average molecular weight is 503 g/mol. The Labute approximate surface area is 193 Å². The van der Waals surface area contributed by atoms with Crippen LogP contribution in [0.5, 0.6) is 0 Å². The lowest BCUT2D eigenvalue weighted by Crippen LogP contribution is -2.20. The van der Waals surface area contributed by atoms with Gasteiger partial charge in [-0.2, -0.15) is 18.3 Å². The number of nitrogens with zero attached hydrogens (tertiary/aromatic N) is 3. The van der Waals surface area contributed by atoms with Crippen LogP contribution in [0.4, 0.5) is 13.2 Å². The Hall–Kier alpha value is -2.08. The van der Waals surface area contributed by atoms with Gasteiger partial charge >= 0.3 is 6.18 Å². The molecule has 0 saturated carbocycles. The summed E-state index contributed by atoms with van der Waals surface area (Å²) in [7, 11) is 0. The Balaban J connectivity index is 1.46. The van der Waals surface area contributed by atoms with Gasteiger partial charge in [0.15, 0.2) is 8.68 Å². The number of hydrazone groups is 1. The standard InChI is InChI=1S/C19H14ClF3N4OS3/c20-15-8-4-2-6-13(15)10-29-17-26-27-18(31-17)30-11-16(28)25-24-9-12-5-1-3-7-14(12)19(21,22)23/h1-9H,10-11H2,(H,25,28)/b24-9+. The molecule has 5 nitrogen and oxygen atoms in total. The molecule has 0 aliphatic rings. The monoisotopic (exact) mass is 502 g/mol. The summed E-state index contributed by atoms with van der Waals surface area (Å²) >= 11 is 10.1. The second-order valence-electron chi connectivity index (χ2n) is 5.88. The number of carbonyl (C=O) groups is 1. The molecule has 0 saturated heterocycles. The highest BCUT2D eigenvalue weighted by Crippen LogP contribution is 2.32. The van der Waals surface area contributed by atoms with Crippen LogP contribution in [0.2, 0.25) is 5.02 Å². The highest BCUT2D eigenvalue weighted by molar-refractivity contribution is 8.03. The van der Waals surface area contributed by atoms with Gasteiger partial charge in [0.05, 0.1) is 17.5 Å². The maximum absolute atomic E-state index is 12.9. The number of aromatic nitrogens is 2. The highest BCUT2D eigenvalue weighted by Gasteiger charge is 2.32. The van der Waals surface area contributed by atoms with Crippen molar-refractivity contribution in [2.45, 2.75) is 20.6 Å². The quantitative estimate of drug-likeness (QED) is 0.241. The number of rotatable bonds is 8. The summed E-state index contributed by atoms with van der Waals surface area (Å²) in [5.74, 6) is 0.182. The Kier molecular flexibility index (Phi) is 8.35. The Bertz CT molecular complexity index is 1080. The molecule has 31 heavy (non-hydrogen) atoms. The van der Waals surface area contributed by atoms with Crippen molar-refractivity contribution in [2.24, 2.45) is 5.10 Å². The minimum absolute atomic E-state index is 0.00205. The summed E-state index contributed by atoms with van der Waals surface area (Å²) in [5, 5.41) is 12.4. The maximum Gasteiger partial charge on any atom is 0.417 e. The normalized spacial score (nSPS) is 11.7. The maximum atomic E-state index is 12.9. The third kappa shape index (κ3) is 7.23. The number of hydrogen-bond donors (Lipinski definition) is 1. The van der Waals surface area contributed by atoms with Crippen LogP contribution in [-0.4, -0.2) is 28.1 Å². The first-order valence-corrected chi connectivity index (χ1v) is 11.8. The van der Waals surface area contributed by atoms with Gasteiger partial charge in [-0.1, -0.05) is 82.9 Å². The average Bonchev–Trinajstić information content (AvgIpc) is 3.19. The molecule has 0 fully saturated rings. The molecule has 0 unspecified atom stereocenters. The van der Waals surface area contributed by atoms with E-state index in [-0.39, 0.29) is 11.3 Å². The zero-order valence-electron chi connectivity index (χ0n) is 15.6. The molecule has 2 aromatic carbocycles. The molecular formula is C19H14ClF3N4OS3. The number of nitrogens with one attached hydrogen (secondary N) is 1. The topological polar surface area (TPSA) is 67.2 Å². The minimum Gasteiger partial charge on any atom is -0.272 e. The van der Waals surface area contributed by atoms with Gasteiger partial charge in [0.25, 0.3) is 5.91 Å². The first-order chi connectivity index (χ1) is 14.8. The number of carbonyl (C=O) groups excluding carboxylic acids is 1. The van der Waals surface area contributed by atoms with Crippen LogP contribution in [0.3, 0.4) is 0 Å². The number of benzene rings is 2. The first kappa shape index (κ1) is 23.6. The Morgan fingerprint density at radius 1 is 1.10 bits per heavy atom. The van der Waals surface area contributed by atoms with E-state index in [1.54, 1.807) is 0 Å². The lowest BCUT2D eigenvalue weighted by Gasteiger charge is -2.09. The largest absolute Gasteiger partial charge is 0.417 e. The second-order valence-corrected chi connectivity index (χ2v) is 9.71. The Morgan fingerprint density at radius 2 is 1.77 bits per heavy atom. The summed E-state index contributed by atoms with van der Waals surface area (Å²) in [6.07, 6.45) is -3.53. The van der Waals surface area contributed by atoms with Crippen molar-refractivity contribution in [3.8, 4) is 0 Å². The van der Waals surface area contributed by atoms with E-state index in [2.05, 4.69) is 20.7 Å². The van der Waals surface area contributed by atoms with E-state index in [0.717, 1.165) is 22.2 Å². The van der Waals surface area contributed by atoms with Crippen molar-refractivity contribution in [1.29, 1.82) is 0 Å². The number of halogens is 4. The molecule has 0 aliphatic carbocycles. The molecule has 0 bridgehead atoms. The van der Waals surface area contributed by atoms with Crippen molar-refractivity contribution in [3.63, 3.8) is 0 Å². The molecule has 1 aromatic heterocycles. The van der Waals surface area contributed by atoms with Gasteiger partial charge in [0.2, 0.25) is 0 Å². The molecule has 1 amide bonds. The number of thioether (sulfide) groups is 2. The van der Waals surface area contributed by atoms with Gasteiger partial charge in [-0.25, -0.2) is 5.43 Å². The molecule has 0 spiro atoms. The van der Waals surface area contributed by atoms with E-state index in [0.29, 0.717) is 15.1 Å². The fourth-order valence-corrected chi connectivity index (χ4v) is 5.37. The van der Waals surface area contributed by atoms with Crippen LogP contribution in [0.1, 0.15) is 16.7 Å². The molecule has 162 valence electrons. The van der Waals surface area contributed by atoms with E-state index in [1.807, 2.05) is 24.3 Å². The predicted molar refractivity (Wildman–Crippen MR) is 119 cm³/mol. The van der Waals surface area contributed by atoms with Gasteiger partial charge < -0.3 is 0 Å². The molecule has 0 atom stereocenters. The smallest absolute Gasteiger partial charge is 0.272 e. The van der Waals surface area contributed by atoms with E-state index in [9.17, 15) is 18.0 Å². The lowest BCUT2D eigenvalue weighted by molar-refractivity contribution is -0.137. The van der Waals surface area contributed by atoms with Crippen molar-refractivity contribution in [2.75, 3.05) is 5.75 Å². The zero-order chi connectivity index (χ0) is 22.3. The molecule has 1 N–H and O–H groups in total. The van der Waals surface area contributed by atoms with Crippen LogP contribution in [0.15, 0.2) is 62.3 Å². The third-order valence-corrected chi connectivity index (χ3v) is 7.29. The van der Waals surface area contributed by atoms with E-state index < -0.39 is 17.6 Å². The summed E-state index contributed by atoms with van der Waals surface area (Å²) in [4.78, 5) is 11.9. The van der Waals surface area contributed by atoms with Gasteiger partial charge in [-0.3, -0.25) is 4.79 Å². The molecule has 1 heterocycles. The van der Waals surface area contributed by atoms with Crippen molar-refractivity contribution in [3.05, 3.63) is 70.2 Å². The van der Waals surface area contributed by atoms with E-state index in [4.69, 9.17) is 11.6 Å². The zero-order valence-corrected chi connectivity index (χ0v) is 18.8. The summed E-state index contributed by atoms with van der Waals surface area (Å²) in [5.41, 5.74) is 2.25. The number of alkyl halides is 3. The SMILES string of the molecule is O=C(CSc1nnc(SCc2ccccc2Cl)s1)N/N=C/c1ccccc1C(F)(F)F. The van der Waals surface area contributed by atoms with Crippen LogP contribution < -0.4 is 5.43 Å². The van der Waals surface area contributed by atoms with Crippen LogP contribution in [0.25, 0.3) is 0 Å². The van der Waals surface area contributed by atoms with Gasteiger partial charge in [-0.15, -0.1) is 10.2 Å². The predicted octanol–water partition coefficient (Wildman–Crippen LogP) is 5.75. The van der Waals surface area contributed by atoms with E-state index >= 15 is 0 Å². The van der Waals surface area contributed by atoms with Crippen molar-refractivity contribution >= 4 is 58.6 Å². The molecule has 3 rings (SSSR count). The van der Waals surface area contributed by atoms with E-state index in [1.165, 1.54) is 53.1 Å².